The lowest BCUT2D eigenvalue weighted by Crippen LogP contribution is -2.05. The number of benzene rings is 2. The SMILES string of the molecule is N#CCC1(c2onc(-c3ccc(O)cc3)c2-c2ccccc2)CC1. The summed E-state index contributed by atoms with van der Waals surface area (Å²) in [7, 11) is 0. The normalized spacial score (nSPS) is 15.0. The van der Waals surface area contributed by atoms with E-state index in [1.807, 2.05) is 42.5 Å². The minimum absolute atomic E-state index is 0.206. The van der Waals surface area contributed by atoms with Gasteiger partial charge in [0.25, 0.3) is 0 Å². The maximum Gasteiger partial charge on any atom is 0.152 e. The standard InChI is InChI=1S/C20H16N2O2/c21-13-12-20(10-11-20)19-17(14-4-2-1-3-5-14)18(22-24-19)15-6-8-16(23)9-7-15/h1-9,23H,10-12H2. The van der Waals surface area contributed by atoms with Gasteiger partial charge in [0.05, 0.1) is 11.6 Å². The molecule has 0 atom stereocenters. The molecule has 1 aliphatic rings. The van der Waals surface area contributed by atoms with E-state index >= 15 is 0 Å². The van der Waals surface area contributed by atoms with Crippen LogP contribution in [0.15, 0.2) is 59.1 Å². The van der Waals surface area contributed by atoms with E-state index in [4.69, 9.17) is 4.52 Å². The molecule has 1 fully saturated rings. The third kappa shape index (κ3) is 2.35. The Bertz CT molecular complexity index is 901. The average Bonchev–Trinajstić information content (AvgIpc) is 3.25. The molecule has 1 saturated carbocycles. The Kier molecular flexibility index (Phi) is 3.35. The van der Waals surface area contributed by atoms with E-state index in [2.05, 4.69) is 11.2 Å². The van der Waals surface area contributed by atoms with Crippen LogP contribution in [0.5, 0.6) is 5.75 Å². The highest BCUT2D eigenvalue weighted by atomic mass is 16.5. The first-order valence-corrected chi connectivity index (χ1v) is 7.95. The highest BCUT2D eigenvalue weighted by Gasteiger charge is 2.50. The molecule has 2 aromatic carbocycles. The number of rotatable bonds is 4. The van der Waals surface area contributed by atoms with Crippen LogP contribution in [-0.2, 0) is 5.41 Å². The molecule has 1 aromatic heterocycles. The fourth-order valence-electron chi connectivity index (χ4n) is 3.13. The van der Waals surface area contributed by atoms with Crippen molar-refractivity contribution in [3.05, 3.63) is 60.4 Å². The summed E-state index contributed by atoms with van der Waals surface area (Å²) in [5.74, 6) is 1.02. The number of phenolic OH excluding ortho intramolecular Hbond substituents is 1. The molecule has 24 heavy (non-hydrogen) atoms. The molecule has 1 N–H and O–H groups in total. The van der Waals surface area contributed by atoms with Crippen molar-refractivity contribution in [3.63, 3.8) is 0 Å². The van der Waals surface area contributed by atoms with Gasteiger partial charge in [0.2, 0.25) is 0 Å². The molecule has 118 valence electrons. The second-order valence-corrected chi connectivity index (χ2v) is 6.26. The fourth-order valence-corrected chi connectivity index (χ4v) is 3.13. The summed E-state index contributed by atoms with van der Waals surface area (Å²) in [5.41, 5.74) is 3.41. The highest BCUT2D eigenvalue weighted by Crippen LogP contribution is 2.55. The molecular formula is C20H16N2O2. The van der Waals surface area contributed by atoms with Crippen LogP contribution in [0.3, 0.4) is 0 Å². The van der Waals surface area contributed by atoms with Crippen molar-refractivity contribution < 1.29 is 9.63 Å². The Hall–Kier alpha value is -3.06. The van der Waals surface area contributed by atoms with Gasteiger partial charge in [0, 0.05) is 17.4 Å². The van der Waals surface area contributed by atoms with Gasteiger partial charge in [-0.05, 0) is 42.7 Å². The zero-order chi connectivity index (χ0) is 16.6. The quantitative estimate of drug-likeness (QED) is 0.760. The molecule has 4 heteroatoms. The smallest absolute Gasteiger partial charge is 0.152 e. The monoisotopic (exact) mass is 316 g/mol. The summed E-state index contributed by atoms with van der Waals surface area (Å²) in [6, 6.07) is 19.2. The van der Waals surface area contributed by atoms with E-state index in [-0.39, 0.29) is 11.2 Å². The Labute approximate surface area is 140 Å². The topological polar surface area (TPSA) is 70.0 Å². The Morgan fingerprint density at radius 1 is 1.04 bits per heavy atom. The van der Waals surface area contributed by atoms with Gasteiger partial charge >= 0.3 is 0 Å². The van der Waals surface area contributed by atoms with Crippen LogP contribution in [0.2, 0.25) is 0 Å². The molecule has 0 amide bonds. The first-order valence-electron chi connectivity index (χ1n) is 7.95. The molecule has 0 spiro atoms. The molecule has 0 saturated heterocycles. The molecule has 0 radical (unpaired) electrons. The van der Waals surface area contributed by atoms with Crippen molar-refractivity contribution in [1.82, 2.24) is 5.16 Å². The van der Waals surface area contributed by atoms with Crippen LogP contribution in [0.1, 0.15) is 25.0 Å². The van der Waals surface area contributed by atoms with Crippen LogP contribution in [0, 0.1) is 11.3 Å². The van der Waals surface area contributed by atoms with Gasteiger partial charge in [0.15, 0.2) is 5.76 Å². The van der Waals surface area contributed by atoms with Crippen LogP contribution in [-0.4, -0.2) is 10.3 Å². The van der Waals surface area contributed by atoms with E-state index in [0.717, 1.165) is 41.0 Å². The fraction of sp³-hybridized carbons (Fsp3) is 0.200. The summed E-state index contributed by atoms with van der Waals surface area (Å²) >= 11 is 0. The van der Waals surface area contributed by atoms with Gasteiger partial charge in [-0.25, -0.2) is 0 Å². The summed E-state index contributed by atoms with van der Waals surface area (Å²) in [6.45, 7) is 0. The van der Waals surface area contributed by atoms with E-state index < -0.39 is 0 Å². The highest BCUT2D eigenvalue weighted by molar-refractivity contribution is 5.83. The van der Waals surface area contributed by atoms with E-state index in [0.29, 0.717) is 6.42 Å². The van der Waals surface area contributed by atoms with Crippen molar-refractivity contribution in [1.29, 1.82) is 5.26 Å². The Morgan fingerprint density at radius 3 is 2.38 bits per heavy atom. The number of hydrogen-bond acceptors (Lipinski definition) is 4. The number of hydrogen-bond donors (Lipinski definition) is 1. The second kappa shape index (κ2) is 5.54. The first kappa shape index (κ1) is 14.5. The summed E-state index contributed by atoms with van der Waals surface area (Å²) in [4.78, 5) is 0. The molecule has 0 aliphatic heterocycles. The molecule has 4 nitrogen and oxygen atoms in total. The van der Waals surface area contributed by atoms with Gasteiger partial charge in [-0.3, -0.25) is 0 Å². The third-order valence-electron chi connectivity index (χ3n) is 4.65. The number of aromatic hydroxyl groups is 1. The first-order chi connectivity index (χ1) is 11.7. The van der Waals surface area contributed by atoms with Gasteiger partial charge in [-0.15, -0.1) is 0 Å². The Morgan fingerprint density at radius 2 is 1.75 bits per heavy atom. The third-order valence-corrected chi connectivity index (χ3v) is 4.65. The largest absolute Gasteiger partial charge is 0.508 e. The maximum absolute atomic E-state index is 9.52. The van der Waals surface area contributed by atoms with Crippen LogP contribution < -0.4 is 0 Å². The number of phenols is 1. The minimum atomic E-state index is -0.206. The predicted molar refractivity (Wildman–Crippen MR) is 90.2 cm³/mol. The number of aromatic nitrogens is 1. The van der Waals surface area contributed by atoms with Gasteiger partial charge in [-0.1, -0.05) is 35.5 Å². The number of nitriles is 1. The van der Waals surface area contributed by atoms with E-state index in [9.17, 15) is 10.4 Å². The second-order valence-electron chi connectivity index (χ2n) is 6.26. The molecule has 3 aromatic rings. The maximum atomic E-state index is 9.52. The van der Waals surface area contributed by atoms with Crippen molar-refractivity contribution >= 4 is 0 Å². The molecule has 0 bridgehead atoms. The lowest BCUT2D eigenvalue weighted by Gasteiger charge is -2.10. The predicted octanol–water partition coefficient (Wildman–Crippen LogP) is 4.66. The minimum Gasteiger partial charge on any atom is -0.508 e. The van der Waals surface area contributed by atoms with Crippen LogP contribution in [0.4, 0.5) is 0 Å². The lowest BCUT2D eigenvalue weighted by molar-refractivity contribution is 0.356. The molecule has 4 rings (SSSR count). The van der Waals surface area contributed by atoms with Crippen molar-refractivity contribution in [2.75, 3.05) is 0 Å². The summed E-state index contributed by atoms with van der Waals surface area (Å²) in [6.07, 6.45) is 2.34. The molecule has 1 heterocycles. The summed E-state index contributed by atoms with van der Waals surface area (Å²) in [5, 5.41) is 23.0. The summed E-state index contributed by atoms with van der Waals surface area (Å²) < 4.78 is 5.75. The van der Waals surface area contributed by atoms with Crippen molar-refractivity contribution in [2.24, 2.45) is 0 Å². The number of nitrogens with zero attached hydrogens (tertiary/aromatic N) is 2. The van der Waals surface area contributed by atoms with Crippen molar-refractivity contribution in [2.45, 2.75) is 24.7 Å². The van der Waals surface area contributed by atoms with E-state index in [1.165, 1.54) is 0 Å². The van der Waals surface area contributed by atoms with Gasteiger partial charge in [-0.2, -0.15) is 5.26 Å². The zero-order valence-electron chi connectivity index (χ0n) is 13.1. The van der Waals surface area contributed by atoms with Crippen LogP contribution in [0.25, 0.3) is 22.4 Å². The Balaban J connectivity index is 1.91. The van der Waals surface area contributed by atoms with E-state index in [1.54, 1.807) is 12.1 Å². The molecular weight excluding hydrogens is 300 g/mol. The van der Waals surface area contributed by atoms with Gasteiger partial charge in [0.1, 0.15) is 11.4 Å². The average molecular weight is 316 g/mol. The van der Waals surface area contributed by atoms with Crippen LogP contribution >= 0.6 is 0 Å². The lowest BCUT2D eigenvalue weighted by atomic mass is 9.90. The zero-order valence-corrected chi connectivity index (χ0v) is 13.1. The molecule has 1 aliphatic carbocycles. The van der Waals surface area contributed by atoms with Crippen molar-refractivity contribution in [3.8, 4) is 34.2 Å². The van der Waals surface area contributed by atoms with Gasteiger partial charge < -0.3 is 9.63 Å². The molecule has 0 unspecified atom stereocenters.